The van der Waals surface area contributed by atoms with Crippen molar-refractivity contribution in [3.8, 4) is 11.3 Å². The van der Waals surface area contributed by atoms with E-state index in [1.54, 1.807) is 35.2 Å². The molecule has 3 aromatic heterocycles. The quantitative estimate of drug-likeness (QED) is 0.408. The van der Waals surface area contributed by atoms with Crippen molar-refractivity contribution in [2.24, 2.45) is 0 Å². The van der Waals surface area contributed by atoms with E-state index in [0.717, 1.165) is 24.5 Å². The summed E-state index contributed by atoms with van der Waals surface area (Å²) in [4.78, 5) is 19.7. The van der Waals surface area contributed by atoms with E-state index in [1.807, 2.05) is 13.8 Å². The van der Waals surface area contributed by atoms with Crippen molar-refractivity contribution in [2.45, 2.75) is 45.3 Å². The minimum absolute atomic E-state index is 0.0299. The molecule has 10 heteroatoms. The summed E-state index contributed by atoms with van der Waals surface area (Å²) in [6, 6.07) is 9.25. The molecule has 1 atom stereocenters. The Bertz CT molecular complexity index is 1360. The average Bonchev–Trinajstić information content (AvgIpc) is 3.55. The number of nitrogens with zero attached hydrogens (tertiary/aromatic N) is 5. The molecule has 5 rings (SSSR count). The molecule has 1 aromatic carbocycles. The number of likely N-dealkylation sites (tertiary alicyclic amines) is 1. The molecule has 1 saturated heterocycles. The first kappa shape index (κ1) is 22.1. The van der Waals surface area contributed by atoms with Gasteiger partial charge in [-0.05, 0) is 25.8 Å². The van der Waals surface area contributed by atoms with Gasteiger partial charge in [-0.25, -0.2) is 9.50 Å². The topological polar surface area (TPSA) is 76.5 Å². The van der Waals surface area contributed by atoms with Gasteiger partial charge in [0.05, 0.1) is 23.6 Å². The molecule has 0 unspecified atom stereocenters. The highest BCUT2D eigenvalue weighted by Gasteiger charge is 2.39. The molecule has 1 amide bonds. The zero-order valence-electron chi connectivity index (χ0n) is 18.6. The van der Waals surface area contributed by atoms with Crippen LogP contribution in [0, 0.1) is 6.92 Å². The number of rotatable bonds is 4. The van der Waals surface area contributed by atoms with Crippen LogP contribution >= 0.6 is 0 Å². The highest BCUT2D eigenvalue weighted by atomic mass is 19.4. The summed E-state index contributed by atoms with van der Waals surface area (Å²) in [5, 5.41) is 7.96. The molecule has 0 spiro atoms. The van der Waals surface area contributed by atoms with Gasteiger partial charge in [-0.15, -0.1) is 0 Å². The van der Waals surface area contributed by atoms with Gasteiger partial charge in [0, 0.05) is 24.1 Å². The van der Waals surface area contributed by atoms with E-state index >= 15 is 0 Å². The standard InChI is InChI=1S/C24H22F3N5O2/c1-3-19-21(14(2)30-34-19)18-10-7-11-31(18)23(33)16-13-28-32-20(24(25,26)27)12-17(29-22(16)32)15-8-5-4-6-9-15/h4-6,8-9,12-13,18H,3,7,10-11H2,1-2H3/t18-/m1/s1. The molecule has 176 valence electrons. The Kier molecular flexibility index (Phi) is 5.38. The second-order valence-corrected chi connectivity index (χ2v) is 8.30. The van der Waals surface area contributed by atoms with Crippen molar-refractivity contribution in [1.29, 1.82) is 0 Å². The molecular formula is C24H22F3N5O2. The summed E-state index contributed by atoms with van der Waals surface area (Å²) in [7, 11) is 0. The lowest BCUT2D eigenvalue weighted by atomic mass is 10.0. The monoisotopic (exact) mass is 469 g/mol. The van der Waals surface area contributed by atoms with E-state index in [-0.39, 0.29) is 22.9 Å². The molecule has 4 aromatic rings. The summed E-state index contributed by atoms with van der Waals surface area (Å²) in [6.07, 6.45) is -1.40. The van der Waals surface area contributed by atoms with Crippen LogP contribution in [0.1, 0.15) is 58.9 Å². The zero-order chi connectivity index (χ0) is 24.0. The molecule has 0 N–H and O–H groups in total. The first-order valence-electron chi connectivity index (χ1n) is 11.1. The van der Waals surface area contributed by atoms with Gasteiger partial charge in [-0.2, -0.15) is 18.3 Å². The lowest BCUT2D eigenvalue weighted by Crippen LogP contribution is -2.31. The fraction of sp³-hybridized carbons (Fsp3) is 0.333. The Hall–Kier alpha value is -3.69. The predicted molar refractivity (Wildman–Crippen MR) is 117 cm³/mol. The Labute approximate surface area is 193 Å². The van der Waals surface area contributed by atoms with E-state index in [9.17, 15) is 18.0 Å². The zero-order valence-corrected chi connectivity index (χ0v) is 18.6. The second-order valence-electron chi connectivity index (χ2n) is 8.30. The Balaban J connectivity index is 1.62. The van der Waals surface area contributed by atoms with Crippen molar-refractivity contribution in [3.05, 3.63) is 70.9 Å². The minimum atomic E-state index is -4.68. The number of aromatic nitrogens is 4. The fourth-order valence-electron chi connectivity index (χ4n) is 4.64. The van der Waals surface area contributed by atoms with Crippen LogP contribution in [0.2, 0.25) is 0 Å². The molecule has 34 heavy (non-hydrogen) atoms. The van der Waals surface area contributed by atoms with Gasteiger partial charge in [0.1, 0.15) is 11.3 Å². The molecule has 0 bridgehead atoms. The summed E-state index contributed by atoms with van der Waals surface area (Å²) in [5.41, 5.74) is 1.14. The minimum Gasteiger partial charge on any atom is -0.361 e. The summed E-state index contributed by atoms with van der Waals surface area (Å²) in [6.45, 7) is 4.25. The Morgan fingerprint density at radius 2 is 2.00 bits per heavy atom. The molecule has 1 aliphatic rings. The van der Waals surface area contributed by atoms with Crippen LogP contribution in [0.4, 0.5) is 13.2 Å². The van der Waals surface area contributed by atoms with E-state index < -0.39 is 17.8 Å². The van der Waals surface area contributed by atoms with Gasteiger partial charge in [0.2, 0.25) is 0 Å². The van der Waals surface area contributed by atoms with Crippen LogP contribution in [-0.2, 0) is 12.6 Å². The highest BCUT2D eigenvalue weighted by molar-refractivity contribution is 6.00. The maximum absolute atomic E-state index is 13.9. The number of fused-ring (bicyclic) bond motifs is 1. The number of hydrogen-bond donors (Lipinski definition) is 0. The van der Waals surface area contributed by atoms with Gasteiger partial charge in [0.25, 0.3) is 5.91 Å². The molecule has 0 aliphatic carbocycles. The Morgan fingerprint density at radius 3 is 2.71 bits per heavy atom. The van der Waals surface area contributed by atoms with Crippen LogP contribution in [0.5, 0.6) is 0 Å². The average molecular weight is 469 g/mol. The SMILES string of the molecule is CCc1onc(C)c1[C@H]1CCCN1C(=O)c1cnn2c(C(F)(F)F)cc(-c3ccccc3)nc12. The number of carbonyl (C=O) groups excluding carboxylic acids is 1. The lowest BCUT2D eigenvalue weighted by Gasteiger charge is -2.24. The fourth-order valence-corrected chi connectivity index (χ4v) is 4.64. The number of benzene rings is 1. The van der Waals surface area contributed by atoms with Crippen LogP contribution < -0.4 is 0 Å². The van der Waals surface area contributed by atoms with Crippen molar-refractivity contribution in [1.82, 2.24) is 24.7 Å². The number of hydrogen-bond acceptors (Lipinski definition) is 5. The molecule has 4 heterocycles. The first-order chi connectivity index (χ1) is 16.3. The number of aryl methyl sites for hydroxylation is 2. The maximum Gasteiger partial charge on any atom is 0.433 e. The summed E-state index contributed by atoms with van der Waals surface area (Å²) < 4.78 is 47.8. The normalized spacial score (nSPS) is 16.5. The first-order valence-corrected chi connectivity index (χ1v) is 11.1. The van der Waals surface area contributed by atoms with E-state index in [4.69, 9.17) is 4.52 Å². The van der Waals surface area contributed by atoms with Crippen molar-refractivity contribution in [3.63, 3.8) is 0 Å². The van der Waals surface area contributed by atoms with E-state index in [0.29, 0.717) is 34.5 Å². The molecular weight excluding hydrogens is 447 g/mol. The highest BCUT2D eigenvalue weighted by Crippen LogP contribution is 2.38. The molecule has 7 nitrogen and oxygen atoms in total. The molecule has 0 radical (unpaired) electrons. The van der Waals surface area contributed by atoms with E-state index in [1.165, 1.54) is 6.20 Å². The van der Waals surface area contributed by atoms with Crippen LogP contribution in [-0.4, -0.2) is 37.1 Å². The Morgan fingerprint density at radius 1 is 1.24 bits per heavy atom. The summed E-state index contributed by atoms with van der Waals surface area (Å²) >= 11 is 0. The van der Waals surface area contributed by atoms with Gasteiger partial charge >= 0.3 is 6.18 Å². The van der Waals surface area contributed by atoms with Crippen molar-refractivity contribution >= 4 is 11.6 Å². The third-order valence-corrected chi connectivity index (χ3v) is 6.21. The number of alkyl halides is 3. The predicted octanol–water partition coefficient (Wildman–Crippen LogP) is 5.25. The summed E-state index contributed by atoms with van der Waals surface area (Å²) in [5.74, 6) is 0.303. The second kappa shape index (κ2) is 8.27. The van der Waals surface area contributed by atoms with Crippen LogP contribution in [0.25, 0.3) is 16.9 Å². The smallest absolute Gasteiger partial charge is 0.361 e. The van der Waals surface area contributed by atoms with Crippen LogP contribution in [0.3, 0.4) is 0 Å². The van der Waals surface area contributed by atoms with E-state index in [2.05, 4.69) is 15.2 Å². The van der Waals surface area contributed by atoms with Gasteiger partial charge in [-0.1, -0.05) is 42.4 Å². The van der Waals surface area contributed by atoms with Gasteiger partial charge < -0.3 is 9.42 Å². The maximum atomic E-state index is 13.9. The third kappa shape index (κ3) is 3.63. The molecule has 0 saturated carbocycles. The number of halogens is 3. The number of carbonyl (C=O) groups is 1. The lowest BCUT2D eigenvalue weighted by molar-refractivity contribution is -0.142. The van der Waals surface area contributed by atoms with Crippen molar-refractivity contribution < 1.29 is 22.5 Å². The molecule has 1 fully saturated rings. The van der Waals surface area contributed by atoms with Gasteiger partial charge in [0.15, 0.2) is 11.3 Å². The third-order valence-electron chi connectivity index (χ3n) is 6.21. The molecule has 1 aliphatic heterocycles. The number of amides is 1. The van der Waals surface area contributed by atoms with Gasteiger partial charge in [-0.3, -0.25) is 4.79 Å². The van der Waals surface area contributed by atoms with Crippen molar-refractivity contribution in [2.75, 3.05) is 6.54 Å². The van der Waals surface area contributed by atoms with Crippen LogP contribution in [0.15, 0.2) is 47.1 Å². The largest absolute Gasteiger partial charge is 0.433 e.